The van der Waals surface area contributed by atoms with E-state index in [-0.39, 0.29) is 5.91 Å². The molecule has 0 bridgehead atoms. The van der Waals surface area contributed by atoms with Gasteiger partial charge in [-0.05, 0) is 38.8 Å². The number of pyridine rings is 1. The monoisotopic (exact) mass is 394 g/mol. The van der Waals surface area contributed by atoms with Crippen LogP contribution in [0.2, 0.25) is 0 Å². The molecule has 3 aliphatic rings. The number of hydrogen-bond acceptors (Lipinski definition) is 7. The van der Waals surface area contributed by atoms with Gasteiger partial charge in [0.2, 0.25) is 5.95 Å². The van der Waals surface area contributed by atoms with E-state index in [0.717, 1.165) is 30.0 Å². The zero-order valence-electron chi connectivity index (χ0n) is 16.7. The predicted octanol–water partition coefficient (Wildman–Crippen LogP) is 3.25. The molecule has 0 atom stereocenters. The molecule has 9 nitrogen and oxygen atoms in total. The SMILES string of the molecule is CCNC(=O)c1ccc(Nc2nc(NC3CCCCC3)c3ncnc-3[nH]2)c(C)n1. The number of nitrogens with one attached hydrogen (secondary N) is 4. The fraction of sp³-hybridized carbons (Fsp3) is 0.450. The summed E-state index contributed by atoms with van der Waals surface area (Å²) in [5, 5.41) is 9.57. The van der Waals surface area contributed by atoms with Gasteiger partial charge in [-0.1, -0.05) is 19.3 Å². The molecule has 152 valence electrons. The number of aryl methyl sites for hydroxylation is 1. The molecule has 1 amide bonds. The zero-order chi connectivity index (χ0) is 20.2. The van der Waals surface area contributed by atoms with E-state index >= 15 is 0 Å². The van der Waals surface area contributed by atoms with Crippen LogP contribution in [0.5, 0.6) is 0 Å². The first-order chi connectivity index (χ1) is 14.1. The number of aromatic amines is 1. The Bertz CT molecular complexity index is 963. The Morgan fingerprint density at radius 3 is 2.76 bits per heavy atom. The van der Waals surface area contributed by atoms with Gasteiger partial charge < -0.3 is 20.9 Å². The van der Waals surface area contributed by atoms with E-state index in [1.54, 1.807) is 6.07 Å². The summed E-state index contributed by atoms with van der Waals surface area (Å²) in [5.41, 5.74) is 2.61. The third-order valence-electron chi connectivity index (χ3n) is 5.14. The molecule has 0 saturated heterocycles. The summed E-state index contributed by atoms with van der Waals surface area (Å²) in [4.78, 5) is 32.9. The smallest absolute Gasteiger partial charge is 0.269 e. The van der Waals surface area contributed by atoms with Crippen molar-refractivity contribution < 1.29 is 4.79 Å². The minimum absolute atomic E-state index is 0.181. The Hall–Kier alpha value is -3.23. The van der Waals surface area contributed by atoms with E-state index in [1.165, 1.54) is 25.6 Å². The van der Waals surface area contributed by atoms with E-state index in [4.69, 9.17) is 4.98 Å². The lowest BCUT2D eigenvalue weighted by Gasteiger charge is -2.24. The largest absolute Gasteiger partial charge is 0.365 e. The van der Waals surface area contributed by atoms with E-state index in [0.29, 0.717) is 35.7 Å². The second kappa shape index (κ2) is 8.42. The summed E-state index contributed by atoms with van der Waals surface area (Å²) < 4.78 is 0. The third kappa shape index (κ3) is 4.28. The van der Waals surface area contributed by atoms with Crippen LogP contribution in [0.3, 0.4) is 0 Å². The van der Waals surface area contributed by atoms with Crippen molar-refractivity contribution in [3.05, 3.63) is 29.8 Å². The van der Waals surface area contributed by atoms with E-state index in [1.807, 2.05) is 19.9 Å². The Labute approximate surface area is 169 Å². The zero-order valence-corrected chi connectivity index (χ0v) is 16.7. The molecule has 1 aromatic heterocycles. The molecule has 1 fully saturated rings. The highest BCUT2D eigenvalue weighted by molar-refractivity contribution is 5.92. The van der Waals surface area contributed by atoms with Gasteiger partial charge in [-0.2, -0.15) is 4.98 Å². The van der Waals surface area contributed by atoms with E-state index in [9.17, 15) is 4.79 Å². The molecule has 4 N–H and O–H groups in total. The van der Waals surface area contributed by atoms with Gasteiger partial charge in [0.15, 0.2) is 11.6 Å². The first-order valence-electron chi connectivity index (χ1n) is 10.1. The Kier molecular flexibility index (Phi) is 5.55. The molecule has 0 radical (unpaired) electrons. The molecule has 4 rings (SSSR count). The number of fused-ring (bicyclic) bond motifs is 1. The normalized spacial score (nSPS) is 14.7. The maximum absolute atomic E-state index is 12.0. The van der Waals surface area contributed by atoms with Gasteiger partial charge >= 0.3 is 0 Å². The fourth-order valence-electron chi connectivity index (χ4n) is 3.63. The highest BCUT2D eigenvalue weighted by atomic mass is 16.1. The van der Waals surface area contributed by atoms with Crippen LogP contribution in [0.4, 0.5) is 17.5 Å². The van der Waals surface area contributed by atoms with Gasteiger partial charge in [-0.3, -0.25) is 4.79 Å². The first kappa shape index (κ1) is 19.1. The van der Waals surface area contributed by atoms with Gasteiger partial charge in [-0.15, -0.1) is 0 Å². The lowest BCUT2D eigenvalue weighted by Crippen LogP contribution is -2.24. The minimum Gasteiger partial charge on any atom is -0.365 e. The number of rotatable bonds is 6. The third-order valence-corrected chi connectivity index (χ3v) is 5.14. The van der Waals surface area contributed by atoms with Crippen molar-refractivity contribution in [3.63, 3.8) is 0 Å². The van der Waals surface area contributed by atoms with Crippen molar-refractivity contribution in [2.24, 2.45) is 0 Å². The number of H-pyrrole nitrogens is 1. The average Bonchev–Trinajstić information content (AvgIpc) is 3.19. The van der Waals surface area contributed by atoms with Crippen molar-refractivity contribution in [1.82, 2.24) is 30.2 Å². The van der Waals surface area contributed by atoms with Crippen LogP contribution in [0.1, 0.15) is 55.2 Å². The van der Waals surface area contributed by atoms with Crippen LogP contribution in [0, 0.1) is 6.92 Å². The lowest BCUT2D eigenvalue weighted by molar-refractivity contribution is 0.0950. The van der Waals surface area contributed by atoms with Gasteiger partial charge in [-0.25, -0.2) is 15.0 Å². The standard InChI is InChI=1S/C20H26N8O/c1-3-21-19(29)15-10-9-14(12(2)24-15)26-20-27-17-16(22-11-23-17)18(28-20)25-13-7-5-4-6-8-13/h9-11,13H,3-8H2,1-2H3,(H,21,29)(H3,22,23,25,26,27,28). The Morgan fingerprint density at radius 2 is 2.00 bits per heavy atom. The van der Waals surface area contributed by atoms with Crippen LogP contribution >= 0.6 is 0 Å². The van der Waals surface area contributed by atoms with Crippen LogP contribution < -0.4 is 16.0 Å². The van der Waals surface area contributed by atoms with Gasteiger partial charge in [0, 0.05) is 12.6 Å². The highest BCUT2D eigenvalue weighted by Gasteiger charge is 2.20. The Balaban J connectivity index is 1.58. The minimum atomic E-state index is -0.181. The number of imidazole rings is 1. The first-order valence-corrected chi connectivity index (χ1v) is 10.1. The highest BCUT2D eigenvalue weighted by Crippen LogP contribution is 2.29. The number of hydrogen-bond donors (Lipinski definition) is 4. The summed E-state index contributed by atoms with van der Waals surface area (Å²) >= 11 is 0. The number of carbonyl (C=O) groups is 1. The van der Waals surface area contributed by atoms with Gasteiger partial charge in [0.05, 0.1) is 11.4 Å². The van der Waals surface area contributed by atoms with Crippen molar-refractivity contribution >= 4 is 23.4 Å². The summed E-state index contributed by atoms with van der Waals surface area (Å²) in [6, 6.07) is 3.94. The molecule has 1 aliphatic carbocycles. The van der Waals surface area contributed by atoms with Crippen LogP contribution in [-0.2, 0) is 0 Å². The van der Waals surface area contributed by atoms with E-state index in [2.05, 4.69) is 35.9 Å². The topological polar surface area (TPSA) is 121 Å². The summed E-state index contributed by atoms with van der Waals surface area (Å²) in [5.74, 6) is 1.77. The van der Waals surface area contributed by atoms with Crippen molar-refractivity contribution in [2.75, 3.05) is 17.2 Å². The maximum Gasteiger partial charge on any atom is 0.269 e. The second-order valence-corrected chi connectivity index (χ2v) is 7.30. The number of nitrogens with zero attached hydrogens (tertiary/aromatic N) is 4. The molecule has 0 aromatic carbocycles. The van der Waals surface area contributed by atoms with Crippen LogP contribution in [0.15, 0.2) is 18.5 Å². The quantitative estimate of drug-likeness (QED) is 0.506. The molecule has 3 heterocycles. The molecule has 0 spiro atoms. The summed E-state index contributed by atoms with van der Waals surface area (Å²) in [6.45, 7) is 4.30. The molecule has 9 heteroatoms. The second-order valence-electron chi connectivity index (χ2n) is 7.30. The number of aromatic nitrogens is 5. The molecule has 1 saturated carbocycles. The molecule has 1 aromatic rings. The number of anilines is 3. The number of carbonyl (C=O) groups excluding carboxylic acids is 1. The molecule has 0 unspecified atom stereocenters. The van der Waals surface area contributed by atoms with Crippen molar-refractivity contribution in [2.45, 2.75) is 52.0 Å². The Morgan fingerprint density at radius 1 is 1.17 bits per heavy atom. The van der Waals surface area contributed by atoms with Crippen molar-refractivity contribution in [3.8, 4) is 11.5 Å². The van der Waals surface area contributed by atoms with Crippen LogP contribution in [-0.4, -0.2) is 43.4 Å². The molecular weight excluding hydrogens is 368 g/mol. The van der Waals surface area contributed by atoms with Crippen LogP contribution in [0.25, 0.3) is 11.5 Å². The molecule has 2 aliphatic heterocycles. The number of amides is 1. The maximum atomic E-state index is 12.0. The predicted molar refractivity (Wildman–Crippen MR) is 112 cm³/mol. The summed E-state index contributed by atoms with van der Waals surface area (Å²) in [6.07, 6.45) is 7.59. The lowest BCUT2D eigenvalue weighted by atomic mass is 9.95. The van der Waals surface area contributed by atoms with Gasteiger partial charge in [0.25, 0.3) is 5.91 Å². The average molecular weight is 394 g/mol. The fourth-order valence-corrected chi connectivity index (χ4v) is 3.63. The molecule has 29 heavy (non-hydrogen) atoms. The van der Waals surface area contributed by atoms with Gasteiger partial charge in [0.1, 0.15) is 17.7 Å². The summed E-state index contributed by atoms with van der Waals surface area (Å²) in [7, 11) is 0. The molecular formula is C20H26N8O. The van der Waals surface area contributed by atoms with E-state index < -0.39 is 0 Å². The van der Waals surface area contributed by atoms with Crippen molar-refractivity contribution in [1.29, 1.82) is 0 Å².